The van der Waals surface area contributed by atoms with Crippen molar-refractivity contribution < 1.29 is 14.7 Å². The number of aromatic carboxylic acids is 1. The van der Waals surface area contributed by atoms with E-state index in [1.165, 1.54) is 24.3 Å². The number of ketones is 1. The highest BCUT2D eigenvalue weighted by Gasteiger charge is 2.14. The van der Waals surface area contributed by atoms with Crippen LogP contribution in [0.3, 0.4) is 0 Å². The quantitative estimate of drug-likeness (QED) is 0.680. The molecule has 27 heavy (non-hydrogen) atoms. The highest BCUT2D eigenvalue weighted by atomic mass is 35.5. The Balaban J connectivity index is 1.78. The highest BCUT2D eigenvalue weighted by molar-refractivity contribution is 6.30. The van der Waals surface area contributed by atoms with Gasteiger partial charge in [-0.1, -0.05) is 35.9 Å². The lowest BCUT2D eigenvalue weighted by molar-refractivity contribution is -0.117. The summed E-state index contributed by atoms with van der Waals surface area (Å²) in [5.41, 5.74) is 2.83. The van der Waals surface area contributed by atoms with E-state index in [1.54, 1.807) is 12.3 Å². The van der Waals surface area contributed by atoms with E-state index in [0.29, 0.717) is 10.6 Å². The molecule has 0 fully saturated rings. The molecule has 5 nitrogen and oxygen atoms in total. The van der Waals surface area contributed by atoms with Gasteiger partial charge in [0, 0.05) is 30.1 Å². The molecule has 0 radical (unpaired) electrons. The molecule has 0 aliphatic heterocycles. The van der Waals surface area contributed by atoms with Crippen molar-refractivity contribution in [3.63, 3.8) is 0 Å². The smallest absolute Gasteiger partial charge is 0.335 e. The summed E-state index contributed by atoms with van der Waals surface area (Å²) >= 11 is 5.94. The Labute approximate surface area is 160 Å². The number of pyridine rings is 1. The van der Waals surface area contributed by atoms with Gasteiger partial charge in [0.1, 0.15) is 5.78 Å². The third kappa shape index (κ3) is 4.71. The van der Waals surface area contributed by atoms with Gasteiger partial charge in [-0.15, -0.1) is 0 Å². The zero-order chi connectivity index (χ0) is 19.4. The fraction of sp³-hybridized carbons (Fsp3) is 0.0952. The first-order chi connectivity index (χ1) is 12.9. The van der Waals surface area contributed by atoms with Crippen LogP contribution < -0.4 is 5.56 Å². The number of hydrogen-bond donors (Lipinski definition) is 2. The van der Waals surface area contributed by atoms with Crippen LogP contribution in [-0.4, -0.2) is 21.8 Å². The van der Waals surface area contributed by atoms with Gasteiger partial charge in [0.05, 0.1) is 5.56 Å². The topological polar surface area (TPSA) is 87.2 Å². The van der Waals surface area contributed by atoms with Crippen molar-refractivity contribution in [3.05, 3.63) is 92.9 Å². The SMILES string of the molecule is O=C(Cc1cccc(-c2ccc(=O)[nH]c2)c1)Cc1cc(Cl)ccc1C(=O)O. The molecule has 0 aliphatic carbocycles. The van der Waals surface area contributed by atoms with E-state index in [9.17, 15) is 19.5 Å². The first kappa shape index (κ1) is 18.6. The van der Waals surface area contributed by atoms with Crippen LogP contribution in [0, 0.1) is 0 Å². The van der Waals surface area contributed by atoms with E-state index in [-0.39, 0.29) is 29.7 Å². The number of halogens is 1. The summed E-state index contributed by atoms with van der Waals surface area (Å²) < 4.78 is 0. The van der Waals surface area contributed by atoms with E-state index in [4.69, 9.17) is 11.6 Å². The van der Waals surface area contributed by atoms with Crippen LogP contribution >= 0.6 is 11.6 Å². The van der Waals surface area contributed by atoms with Crippen molar-refractivity contribution in [2.24, 2.45) is 0 Å². The van der Waals surface area contributed by atoms with E-state index in [2.05, 4.69) is 4.98 Å². The van der Waals surface area contributed by atoms with Gasteiger partial charge in [-0.05, 0) is 46.5 Å². The predicted octanol–water partition coefficient (Wildman–Crippen LogP) is 3.75. The summed E-state index contributed by atoms with van der Waals surface area (Å²) in [7, 11) is 0. The predicted molar refractivity (Wildman–Crippen MR) is 103 cm³/mol. The van der Waals surface area contributed by atoms with Crippen molar-refractivity contribution >= 4 is 23.4 Å². The molecule has 0 saturated heterocycles. The van der Waals surface area contributed by atoms with Crippen LogP contribution in [0.25, 0.3) is 11.1 Å². The van der Waals surface area contributed by atoms with Crippen molar-refractivity contribution in [2.45, 2.75) is 12.8 Å². The van der Waals surface area contributed by atoms with Crippen LogP contribution in [0.2, 0.25) is 5.02 Å². The third-order valence-corrected chi connectivity index (χ3v) is 4.37. The van der Waals surface area contributed by atoms with Crippen LogP contribution in [-0.2, 0) is 17.6 Å². The first-order valence-electron chi connectivity index (χ1n) is 8.24. The molecule has 3 aromatic rings. The minimum atomic E-state index is -1.09. The van der Waals surface area contributed by atoms with E-state index < -0.39 is 5.97 Å². The van der Waals surface area contributed by atoms with E-state index >= 15 is 0 Å². The number of benzene rings is 2. The molecule has 0 bridgehead atoms. The second-order valence-electron chi connectivity index (χ2n) is 6.14. The van der Waals surface area contributed by atoms with E-state index in [1.807, 2.05) is 24.3 Å². The number of aromatic nitrogens is 1. The van der Waals surface area contributed by atoms with Gasteiger partial charge in [-0.2, -0.15) is 0 Å². The average molecular weight is 382 g/mol. The molecule has 0 aliphatic rings. The number of Topliss-reactive ketones (excluding diaryl/α,β-unsaturated/α-hetero) is 1. The monoisotopic (exact) mass is 381 g/mol. The molecular formula is C21H16ClNO4. The summed E-state index contributed by atoms with van der Waals surface area (Å²) in [4.78, 5) is 37.6. The molecule has 0 spiro atoms. The number of aromatic amines is 1. The molecule has 0 saturated carbocycles. The number of carboxylic acid groups (broad SMARTS) is 1. The normalized spacial score (nSPS) is 10.6. The van der Waals surface area contributed by atoms with Crippen LogP contribution in [0.15, 0.2) is 65.6 Å². The number of carboxylic acids is 1. The first-order valence-corrected chi connectivity index (χ1v) is 8.61. The molecule has 3 rings (SSSR count). The minimum absolute atomic E-state index is 0.00885. The van der Waals surface area contributed by atoms with Gasteiger partial charge < -0.3 is 10.1 Å². The van der Waals surface area contributed by atoms with Crippen LogP contribution in [0.4, 0.5) is 0 Å². The number of rotatable bonds is 6. The fourth-order valence-corrected chi connectivity index (χ4v) is 3.07. The van der Waals surface area contributed by atoms with Gasteiger partial charge in [-0.25, -0.2) is 4.79 Å². The van der Waals surface area contributed by atoms with Gasteiger partial charge in [0.15, 0.2) is 0 Å². The number of hydrogen-bond acceptors (Lipinski definition) is 3. The van der Waals surface area contributed by atoms with Gasteiger partial charge in [-0.3, -0.25) is 9.59 Å². The Bertz CT molecular complexity index is 1050. The molecule has 0 amide bonds. The molecule has 2 aromatic carbocycles. The zero-order valence-corrected chi connectivity index (χ0v) is 15.0. The molecule has 1 heterocycles. The molecule has 1 aromatic heterocycles. The Morgan fingerprint density at radius 2 is 1.78 bits per heavy atom. The third-order valence-electron chi connectivity index (χ3n) is 4.13. The van der Waals surface area contributed by atoms with Crippen LogP contribution in [0.5, 0.6) is 0 Å². The molecular weight excluding hydrogens is 366 g/mol. The Hall–Kier alpha value is -3.18. The maximum absolute atomic E-state index is 12.5. The summed E-state index contributed by atoms with van der Waals surface area (Å²) in [5.74, 6) is -1.20. The molecule has 6 heteroatoms. The Kier molecular flexibility index (Phi) is 5.52. The number of carbonyl (C=O) groups is 2. The summed E-state index contributed by atoms with van der Waals surface area (Å²) in [6.45, 7) is 0. The second-order valence-corrected chi connectivity index (χ2v) is 6.58. The van der Waals surface area contributed by atoms with Gasteiger partial charge in [0.25, 0.3) is 0 Å². The van der Waals surface area contributed by atoms with Crippen LogP contribution in [0.1, 0.15) is 21.5 Å². The maximum atomic E-state index is 12.5. The Morgan fingerprint density at radius 1 is 0.963 bits per heavy atom. The second kappa shape index (κ2) is 8.01. The lowest BCUT2D eigenvalue weighted by Gasteiger charge is -2.08. The lowest BCUT2D eigenvalue weighted by atomic mass is 9.97. The zero-order valence-electron chi connectivity index (χ0n) is 14.2. The number of nitrogens with one attached hydrogen (secondary N) is 1. The molecule has 2 N–H and O–H groups in total. The number of H-pyrrole nitrogens is 1. The highest BCUT2D eigenvalue weighted by Crippen LogP contribution is 2.21. The molecule has 0 unspecified atom stereocenters. The standard InChI is InChI=1S/C21H16ClNO4/c22-17-5-6-19(21(26)27)16(10-17)11-18(24)9-13-2-1-3-14(8-13)15-4-7-20(25)23-12-15/h1-8,10,12H,9,11H2,(H,23,25)(H,26,27). The summed E-state index contributed by atoms with van der Waals surface area (Å²) in [6, 6.07) is 15.0. The lowest BCUT2D eigenvalue weighted by Crippen LogP contribution is -2.11. The Morgan fingerprint density at radius 3 is 2.48 bits per heavy atom. The molecule has 136 valence electrons. The van der Waals surface area contributed by atoms with Crippen molar-refractivity contribution in [1.29, 1.82) is 0 Å². The van der Waals surface area contributed by atoms with Crippen molar-refractivity contribution in [3.8, 4) is 11.1 Å². The summed E-state index contributed by atoms with van der Waals surface area (Å²) in [6.07, 6.45) is 1.78. The largest absolute Gasteiger partial charge is 0.478 e. The van der Waals surface area contributed by atoms with Gasteiger partial charge >= 0.3 is 5.97 Å². The van der Waals surface area contributed by atoms with Crippen molar-refractivity contribution in [1.82, 2.24) is 4.98 Å². The van der Waals surface area contributed by atoms with Crippen molar-refractivity contribution in [2.75, 3.05) is 0 Å². The van der Waals surface area contributed by atoms with E-state index in [0.717, 1.165) is 16.7 Å². The number of carbonyl (C=O) groups excluding carboxylic acids is 1. The fourth-order valence-electron chi connectivity index (χ4n) is 2.87. The maximum Gasteiger partial charge on any atom is 0.335 e. The van der Waals surface area contributed by atoms with Gasteiger partial charge in [0.2, 0.25) is 5.56 Å². The summed E-state index contributed by atoms with van der Waals surface area (Å²) in [5, 5.41) is 9.65. The molecule has 0 atom stereocenters. The minimum Gasteiger partial charge on any atom is -0.478 e. The average Bonchev–Trinajstić information content (AvgIpc) is 2.62.